The van der Waals surface area contributed by atoms with Crippen molar-refractivity contribution in [3.05, 3.63) is 34.9 Å². The first-order valence-electron chi connectivity index (χ1n) is 15.6. The summed E-state index contributed by atoms with van der Waals surface area (Å²) in [5.74, 6) is 0. The van der Waals surface area contributed by atoms with Gasteiger partial charge in [0.05, 0.1) is 24.9 Å². The van der Waals surface area contributed by atoms with Crippen LogP contribution in [0.5, 0.6) is 0 Å². The van der Waals surface area contributed by atoms with Gasteiger partial charge in [0.25, 0.3) is 0 Å². The molecule has 0 aromatic rings. The van der Waals surface area contributed by atoms with Crippen molar-refractivity contribution in [1.82, 2.24) is 0 Å². The molecular formula is C32H62O4Si2. The van der Waals surface area contributed by atoms with Crippen LogP contribution >= 0.6 is 0 Å². The maximum Gasteiger partial charge on any atom is 0.192 e. The summed E-state index contributed by atoms with van der Waals surface area (Å²) >= 11 is 0. The number of epoxide rings is 1. The quantitative estimate of drug-likeness (QED) is 0.0906. The molecule has 1 saturated heterocycles. The molecular weight excluding hydrogens is 505 g/mol. The van der Waals surface area contributed by atoms with Crippen LogP contribution in [-0.4, -0.2) is 52.3 Å². The zero-order chi connectivity index (χ0) is 29.0. The van der Waals surface area contributed by atoms with Gasteiger partial charge < -0.3 is 18.7 Å². The lowest BCUT2D eigenvalue weighted by Crippen LogP contribution is -2.45. The van der Waals surface area contributed by atoms with E-state index in [2.05, 4.69) is 87.5 Å². The van der Waals surface area contributed by atoms with Crippen molar-refractivity contribution in [2.75, 3.05) is 6.61 Å². The molecule has 222 valence electrons. The number of hydrogen-bond acceptors (Lipinski definition) is 4. The maximum absolute atomic E-state index is 9.56. The largest absolute Gasteiger partial charge is 0.411 e. The Bertz CT molecular complexity index is 766. The predicted octanol–water partition coefficient (Wildman–Crippen LogP) is 9.34. The molecule has 1 N–H and O–H groups in total. The van der Waals surface area contributed by atoms with Gasteiger partial charge in [-0.2, -0.15) is 0 Å². The molecule has 0 spiro atoms. The molecule has 0 unspecified atom stereocenters. The summed E-state index contributed by atoms with van der Waals surface area (Å²) in [4.78, 5) is 0. The Morgan fingerprint density at radius 3 is 1.87 bits per heavy atom. The molecule has 1 aliphatic rings. The Morgan fingerprint density at radius 1 is 0.868 bits per heavy atom. The average Bonchev–Trinajstić information content (AvgIpc) is 3.62. The van der Waals surface area contributed by atoms with Crippen molar-refractivity contribution in [2.45, 2.75) is 162 Å². The number of aliphatic hydroxyl groups is 1. The van der Waals surface area contributed by atoms with E-state index in [1.54, 1.807) is 0 Å². The van der Waals surface area contributed by atoms with Gasteiger partial charge in [0.2, 0.25) is 0 Å². The van der Waals surface area contributed by atoms with Crippen molar-refractivity contribution in [3.63, 3.8) is 0 Å². The molecule has 38 heavy (non-hydrogen) atoms. The highest BCUT2D eigenvalue weighted by Gasteiger charge is 2.58. The highest BCUT2D eigenvalue weighted by molar-refractivity contribution is 6.74. The third-order valence-corrected chi connectivity index (χ3v) is 19.0. The third-order valence-electron chi connectivity index (χ3n) is 9.65. The van der Waals surface area contributed by atoms with Gasteiger partial charge >= 0.3 is 0 Å². The van der Waals surface area contributed by atoms with Gasteiger partial charge in [-0.3, -0.25) is 0 Å². The summed E-state index contributed by atoms with van der Waals surface area (Å²) in [5.41, 5.74) is 3.50. The molecule has 0 aromatic heterocycles. The second-order valence-electron chi connectivity index (χ2n) is 11.8. The van der Waals surface area contributed by atoms with E-state index in [9.17, 15) is 5.11 Å². The summed E-state index contributed by atoms with van der Waals surface area (Å²) in [7, 11) is -3.51. The van der Waals surface area contributed by atoms with E-state index in [4.69, 9.17) is 13.6 Å². The second kappa shape index (κ2) is 16.7. The van der Waals surface area contributed by atoms with Crippen LogP contribution in [-0.2, 0) is 13.6 Å². The summed E-state index contributed by atoms with van der Waals surface area (Å²) in [5, 5.41) is 9.56. The fourth-order valence-corrected chi connectivity index (χ4v) is 11.4. The fourth-order valence-electron chi connectivity index (χ4n) is 5.52. The minimum atomic E-state index is -1.80. The zero-order valence-corrected chi connectivity index (χ0v) is 28.9. The molecule has 1 heterocycles. The molecule has 1 aliphatic heterocycles. The van der Waals surface area contributed by atoms with Crippen LogP contribution in [0.15, 0.2) is 34.9 Å². The van der Waals surface area contributed by atoms with Crippen molar-refractivity contribution in [2.24, 2.45) is 0 Å². The van der Waals surface area contributed by atoms with Crippen molar-refractivity contribution < 1.29 is 18.7 Å². The van der Waals surface area contributed by atoms with Crippen LogP contribution < -0.4 is 0 Å². The Hall–Kier alpha value is -0.506. The number of aliphatic hydroxyl groups excluding tert-OH is 1. The van der Waals surface area contributed by atoms with E-state index in [0.717, 1.165) is 49.4 Å². The lowest BCUT2D eigenvalue weighted by Gasteiger charge is -2.35. The van der Waals surface area contributed by atoms with E-state index >= 15 is 0 Å². The van der Waals surface area contributed by atoms with Crippen LogP contribution in [0.1, 0.15) is 102 Å². The Kier molecular flexibility index (Phi) is 15.6. The number of rotatable bonds is 20. The first kappa shape index (κ1) is 35.5. The molecule has 0 saturated carbocycles. The normalized spacial score (nSPS) is 23.1. The smallest absolute Gasteiger partial charge is 0.192 e. The summed E-state index contributed by atoms with van der Waals surface area (Å²) < 4.78 is 20.5. The topological polar surface area (TPSA) is 51.2 Å². The van der Waals surface area contributed by atoms with Gasteiger partial charge in [-0.05, 0) is 102 Å². The average molecular weight is 567 g/mol. The monoisotopic (exact) mass is 566 g/mol. The molecule has 0 bridgehead atoms. The first-order valence-corrected chi connectivity index (χ1v) is 20.6. The van der Waals surface area contributed by atoms with E-state index in [1.165, 1.54) is 29.3 Å². The van der Waals surface area contributed by atoms with E-state index < -0.39 is 16.6 Å². The first-order chi connectivity index (χ1) is 18.0. The van der Waals surface area contributed by atoms with Crippen LogP contribution in [0.25, 0.3) is 0 Å². The van der Waals surface area contributed by atoms with Crippen molar-refractivity contribution >= 4 is 16.6 Å². The zero-order valence-electron chi connectivity index (χ0n) is 26.9. The molecule has 4 atom stereocenters. The summed E-state index contributed by atoms with van der Waals surface area (Å²) in [6.45, 7) is 24.7. The van der Waals surface area contributed by atoms with Crippen LogP contribution in [0, 0.1) is 0 Å². The Morgan fingerprint density at radius 2 is 1.39 bits per heavy atom. The third kappa shape index (κ3) is 9.85. The Labute approximate surface area is 238 Å². The number of allylic oxidation sites excluding steroid dienone is 2. The van der Waals surface area contributed by atoms with Gasteiger partial charge in [0, 0.05) is 0 Å². The highest BCUT2D eigenvalue weighted by atomic mass is 28.4. The molecule has 4 nitrogen and oxygen atoms in total. The van der Waals surface area contributed by atoms with Gasteiger partial charge in [0.15, 0.2) is 16.6 Å². The van der Waals surface area contributed by atoms with Crippen molar-refractivity contribution in [3.8, 4) is 0 Å². The SMILES string of the molecule is C/C=C(\C)CC[C@H](O[Si](CC)(CC)CC)/C(C)=C\C[C@@H]1O[C@@]1(C)[C@H](C/C=C(\C)CO)O[Si](CC)(CC)CC. The lowest BCUT2D eigenvalue weighted by molar-refractivity contribution is 0.0981. The van der Waals surface area contributed by atoms with Gasteiger partial charge in [-0.15, -0.1) is 0 Å². The molecule has 0 aromatic carbocycles. The van der Waals surface area contributed by atoms with Gasteiger partial charge in [-0.25, -0.2) is 0 Å². The standard InChI is InChI=1S/C32H62O4Si2/c1-12-26(8)19-22-29(35-37(13-2,14-3)15-4)28(10)21-24-30-32(11,34-30)31(23-20-27(9)25-33)36-38(16-5,17-6)18-7/h12,20-21,29-31,33H,13-19,22-25H2,1-11H3/b26-12+,27-20+,28-21-/t29-,30-,31-,32+/m0/s1. The minimum absolute atomic E-state index is 0.0268. The summed E-state index contributed by atoms with van der Waals surface area (Å²) in [6, 6.07) is 6.90. The van der Waals surface area contributed by atoms with E-state index in [-0.39, 0.29) is 30.5 Å². The molecule has 6 heteroatoms. The second-order valence-corrected chi connectivity index (χ2v) is 21.2. The molecule has 1 fully saturated rings. The fraction of sp³-hybridized carbons (Fsp3) is 0.812. The van der Waals surface area contributed by atoms with Gasteiger partial charge in [0.1, 0.15) is 5.60 Å². The molecule has 0 amide bonds. The maximum atomic E-state index is 9.56. The van der Waals surface area contributed by atoms with E-state index in [1.807, 2.05) is 6.92 Å². The van der Waals surface area contributed by atoms with Crippen molar-refractivity contribution in [1.29, 1.82) is 0 Å². The van der Waals surface area contributed by atoms with Crippen LogP contribution in [0.4, 0.5) is 0 Å². The Balaban J connectivity index is 3.12. The minimum Gasteiger partial charge on any atom is -0.411 e. The lowest BCUT2D eigenvalue weighted by atomic mass is 9.94. The van der Waals surface area contributed by atoms with Gasteiger partial charge in [-0.1, -0.05) is 70.9 Å². The van der Waals surface area contributed by atoms with Crippen LogP contribution in [0.3, 0.4) is 0 Å². The predicted molar refractivity (Wildman–Crippen MR) is 170 cm³/mol. The number of hydrogen-bond donors (Lipinski definition) is 1. The number of ether oxygens (including phenoxy) is 1. The van der Waals surface area contributed by atoms with E-state index in [0.29, 0.717) is 0 Å². The molecule has 1 rings (SSSR count). The van der Waals surface area contributed by atoms with Crippen LogP contribution in [0.2, 0.25) is 36.3 Å². The summed E-state index contributed by atoms with van der Waals surface area (Å²) in [6.07, 6.45) is 10.9. The highest BCUT2D eigenvalue weighted by Crippen LogP contribution is 2.46. The molecule has 0 radical (unpaired) electrons. The molecule has 0 aliphatic carbocycles.